The zero-order chi connectivity index (χ0) is 26.3. The highest BCUT2D eigenvalue weighted by molar-refractivity contribution is 5.80. The molecule has 0 radical (unpaired) electrons. The van der Waals surface area contributed by atoms with Crippen LogP contribution in [0.3, 0.4) is 0 Å². The lowest BCUT2D eigenvalue weighted by Gasteiger charge is -2.16. The number of rotatable bonds is 14. The smallest absolute Gasteiger partial charge is 0.338 e. The van der Waals surface area contributed by atoms with Crippen LogP contribution in [0.1, 0.15) is 26.7 Å². The summed E-state index contributed by atoms with van der Waals surface area (Å²) in [5, 5.41) is 69.1. The Balaban J connectivity index is 5.16. The molecule has 0 saturated carbocycles. The summed E-state index contributed by atoms with van der Waals surface area (Å²) in [6.07, 6.45) is -2.93. The van der Waals surface area contributed by atoms with E-state index in [-0.39, 0.29) is 0 Å². The molecular weight excluding hydrogens is 468 g/mol. The lowest BCUT2D eigenvalue weighted by molar-refractivity contribution is -0.971. The van der Waals surface area contributed by atoms with Crippen molar-refractivity contribution in [3.05, 3.63) is 60.7 Å². The molecule has 0 aliphatic rings. The minimum atomic E-state index is -3.91. The third kappa shape index (κ3) is 5.73. The van der Waals surface area contributed by atoms with Crippen molar-refractivity contribution in [2.75, 3.05) is 6.67 Å². The molecule has 22 heteroatoms. The van der Waals surface area contributed by atoms with Gasteiger partial charge in [-0.05, 0) is 0 Å². The quantitative estimate of drug-likeness (QED) is 0.156. The lowest BCUT2D eigenvalue weighted by Crippen LogP contribution is -2.56. The van der Waals surface area contributed by atoms with Gasteiger partial charge in [0.1, 0.15) is 0 Å². The van der Waals surface area contributed by atoms with Crippen LogP contribution in [0, 0.1) is 72.5 Å². The van der Waals surface area contributed by atoms with Gasteiger partial charge in [0, 0.05) is 0 Å². The van der Waals surface area contributed by atoms with Crippen LogP contribution in [0.25, 0.3) is 0 Å². The average molecular weight is 484 g/mol. The van der Waals surface area contributed by atoms with Crippen molar-refractivity contribution < 1.29 is 39.1 Å². The summed E-state index contributed by atoms with van der Waals surface area (Å²) in [7, 11) is 0. The number of carbonyl (C=O) groups is 2. The van der Waals surface area contributed by atoms with Gasteiger partial charge in [-0.2, -0.15) is 0 Å². The Hall–Kier alpha value is -4.66. The van der Waals surface area contributed by atoms with E-state index in [1.54, 1.807) is 0 Å². The first-order valence-electron chi connectivity index (χ1n) is 8.40. The van der Waals surface area contributed by atoms with Crippen molar-refractivity contribution in [1.82, 2.24) is 10.6 Å². The lowest BCUT2D eigenvalue weighted by atomic mass is 10.0. The highest BCUT2D eigenvalue weighted by atomic mass is 16.7. The summed E-state index contributed by atoms with van der Waals surface area (Å²) in [5.41, 5.74) is 0. The van der Waals surface area contributed by atoms with Crippen LogP contribution in [0.2, 0.25) is 0 Å². The topological polar surface area (TPSA) is 317 Å². The molecule has 0 aromatic rings. The molecular formula is C11H16N8O14. The Kier molecular flexibility index (Phi) is 9.09. The zero-order valence-electron chi connectivity index (χ0n) is 16.7. The van der Waals surface area contributed by atoms with Crippen molar-refractivity contribution in [2.45, 2.75) is 38.3 Å². The van der Waals surface area contributed by atoms with Gasteiger partial charge >= 0.3 is 11.6 Å². The molecule has 0 rings (SSSR count). The normalized spacial score (nSPS) is 13.2. The van der Waals surface area contributed by atoms with E-state index in [9.17, 15) is 70.3 Å². The molecule has 2 N–H and O–H groups in total. The highest BCUT2D eigenvalue weighted by Gasteiger charge is 2.72. The Morgan fingerprint density at radius 3 is 1.00 bits per heavy atom. The number of nitro groups is 6. The number of nitrogens with zero attached hydrogens (tertiary/aromatic N) is 6. The Morgan fingerprint density at radius 1 is 0.606 bits per heavy atom. The first-order chi connectivity index (χ1) is 15.0. The molecule has 0 unspecified atom stereocenters. The summed E-state index contributed by atoms with van der Waals surface area (Å²) in [5.74, 6) is -13.6. The monoisotopic (exact) mass is 484 g/mol. The molecule has 2 amide bonds. The SMILES string of the molecule is C[C@H](CC([N+](=O)[O-])([N+](=O)[O-])[N+](=O)[O-])C(=O)NCNC(=O)[C@H](C)CC([N+](=O)[O-])([N+](=O)[O-])[N+](=O)[O-]. The predicted molar refractivity (Wildman–Crippen MR) is 96.1 cm³/mol. The van der Waals surface area contributed by atoms with Gasteiger partial charge in [-0.25, -0.2) is 0 Å². The fourth-order valence-electron chi connectivity index (χ4n) is 2.42. The van der Waals surface area contributed by atoms with E-state index in [4.69, 9.17) is 0 Å². The minimum Gasteiger partial charge on any atom is -0.338 e. The molecule has 22 nitrogen and oxygen atoms in total. The van der Waals surface area contributed by atoms with Crippen LogP contribution in [0.5, 0.6) is 0 Å². The maximum atomic E-state index is 11.9. The van der Waals surface area contributed by atoms with Crippen LogP contribution in [0.15, 0.2) is 0 Å². The molecule has 0 aromatic carbocycles. The van der Waals surface area contributed by atoms with Crippen molar-refractivity contribution in [3.8, 4) is 0 Å². The number of amides is 2. The van der Waals surface area contributed by atoms with Gasteiger partial charge in [0.25, 0.3) is 0 Å². The van der Waals surface area contributed by atoms with Gasteiger partial charge in [-0.1, -0.05) is 13.8 Å². The third-order valence-electron chi connectivity index (χ3n) is 4.33. The molecule has 0 bridgehead atoms. The number of nitrogens with one attached hydrogen (secondary N) is 2. The van der Waals surface area contributed by atoms with E-state index in [1.807, 2.05) is 10.6 Å². The maximum Gasteiger partial charge on any atom is 0.700 e. The summed E-state index contributed by atoms with van der Waals surface area (Å²) in [6.45, 7) is 0.937. The average Bonchev–Trinajstić information content (AvgIpc) is 2.67. The van der Waals surface area contributed by atoms with E-state index in [2.05, 4.69) is 0 Å². The van der Waals surface area contributed by atoms with Crippen molar-refractivity contribution in [3.63, 3.8) is 0 Å². The molecule has 0 heterocycles. The zero-order valence-corrected chi connectivity index (χ0v) is 16.7. The fraction of sp³-hybridized carbons (Fsp3) is 0.818. The van der Waals surface area contributed by atoms with E-state index in [0.29, 0.717) is 0 Å². The molecule has 0 spiro atoms. The van der Waals surface area contributed by atoms with Gasteiger partial charge in [-0.3, -0.25) is 70.3 Å². The van der Waals surface area contributed by atoms with E-state index >= 15 is 0 Å². The van der Waals surface area contributed by atoms with Crippen LogP contribution < -0.4 is 10.6 Å². The van der Waals surface area contributed by atoms with Crippen molar-refractivity contribution >= 4 is 11.8 Å². The standard InChI is InChI=1S/C11H16N8O14/c1-6(3-10(14(22)23,15(24)25)16(26)27)8(20)12-5-13-9(21)7(2)4-11(17(28)29,18(30)31)19(32)33/h6-7H,3-5H2,1-2H3,(H,12,20)(H,13,21)/t6-,7-/m1/s1. The molecule has 0 aliphatic carbocycles. The molecule has 0 aromatic heterocycles. The van der Waals surface area contributed by atoms with E-state index in [0.717, 1.165) is 13.8 Å². The van der Waals surface area contributed by atoms with E-state index < -0.39 is 84.3 Å². The van der Waals surface area contributed by atoms with E-state index in [1.165, 1.54) is 0 Å². The number of hydrogen-bond donors (Lipinski definition) is 2. The van der Waals surface area contributed by atoms with Gasteiger partial charge in [0.15, 0.2) is 42.4 Å². The largest absolute Gasteiger partial charge is 0.700 e. The fourth-order valence-corrected chi connectivity index (χ4v) is 2.42. The summed E-state index contributed by atoms with van der Waals surface area (Å²) in [6, 6.07) is 0. The molecule has 184 valence electrons. The first kappa shape index (κ1) is 28.3. The Bertz CT molecular complexity index is 746. The second kappa shape index (κ2) is 10.6. The van der Waals surface area contributed by atoms with Crippen molar-refractivity contribution in [1.29, 1.82) is 0 Å². The third-order valence-corrected chi connectivity index (χ3v) is 4.33. The second-order valence-electron chi connectivity index (χ2n) is 6.56. The number of carbonyl (C=O) groups excluding carboxylic acids is 2. The summed E-state index contributed by atoms with van der Waals surface area (Å²) >= 11 is 0. The van der Waals surface area contributed by atoms with Gasteiger partial charge in [-0.15, -0.1) is 0 Å². The van der Waals surface area contributed by atoms with Gasteiger partial charge in [0.2, 0.25) is 11.8 Å². The predicted octanol–water partition coefficient (Wildman–Crippen LogP) is -1.80. The van der Waals surface area contributed by atoms with Crippen LogP contribution in [-0.2, 0) is 9.59 Å². The van der Waals surface area contributed by atoms with Crippen LogP contribution >= 0.6 is 0 Å². The second-order valence-corrected chi connectivity index (χ2v) is 6.56. The number of hydrogen-bond acceptors (Lipinski definition) is 14. The first-order valence-corrected chi connectivity index (χ1v) is 8.40. The maximum absolute atomic E-state index is 11.9. The molecule has 33 heavy (non-hydrogen) atoms. The Labute approximate surface area is 180 Å². The van der Waals surface area contributed by atoms with Gasteiger partial charge in [0.05, 0.1) is 18.5 Å². The minimum absolute atomic E-state index is 0.822. The van der Waals surface area contributed by atoms with Crippen LogP contribution in [-0.4, -0.2) is 59.6 Å². The summed E-state index contributed by atoms with van der Waals surface area (Å²) in [4.78, 5) is 78.5. The molecule has 2 atom stereocenters. The Morgan fingerprint density at radius 2 is 0.818 bits per heavy atom. The van der Waals surface area contributed by atoms with Crippen LogP contribution in [0.4, 0.5) is 0 Å². The molecule has 0 fully saturated rings. The van der Waals surface area contributed by atoms with Gasteiger partial charge < -0.3 is 10.6 Å². The summed E-state index contributed by atoms with van der Waals surface area (Å²) < 4.78 is 0. The molecule has 0 aliphatic heterocycles. The molecule has 0 saturated heterocycles. The highest BCUT2D eigenvalue weighted by Crippen LogP contribution is 2.24. The van der Waals surface area contributed by atoms with Crippen molar-refractivity contribution in [2.24, 2.45) is 11.8 Å².